The molecule has 0 bridgehead atoms. The van der Waals surface area contributed by atoms with Crippen LogP contribution in [0.5, 0.6) is 17.2 Å². The van der Waals surface area contributed by atoms with Crippen LogP contribution in [0.3, 0.4) is 0 Å². The fraction of sp³-hybridized carbons (Fsp3) is 0.240. The molecule has 0 aromatic heterocycles. The van der Waals surface area contributed by atoms with Crippen LogP contribution in [0.2, 0.25) is 0 Å². The summed E-state index contributed by atoms with van der Waals surface area (Å²) in [6.45, 7) is 4.86. The first-order chi connectivity index (χ1) is 14.7. The van der Waals surface area contributed by atoms with E-state index in [0.717, 1.165) is 17.9 Å². The highest BCUT2D eigenvalue weighted by atomic mass is 16.5. The molecule has 0 aliphatic rings. The molecule has 156 valence electrons. The van der Waals surface area contributed by atoms with Crippen LogP contribution in [0.15, 0.2) is 78.9 Å². The van der Waals surface area contributed by atoms with Crippen molar-refractivity contribution in [3.8, 4) is 17.2 Å². The Morgan fingerprint density at radius 1 is 0.833 bits per heavy atom. The number of carbonyl (C=O) groups is 1. The lowest BCUT2D eigenvalue weighted by Gasteiger charge is -2.14. The molecule has 5 nitrogen and oxygen atoms in total. The minimum atomic E-state index is -0.207. The van der Waals surface area contributed by atoms with E-state index >= 15 is 0 Å². The summed E-state index contributed by atoms with van der Waals surface area (Å²) in [6.07, 6.45) is 1.06. The highest BCUT2D eigenvalue weighted by molar-refractivity contribution is 6.05. The lowest BCUT2D eigenvalue weighted by atomic mass is 10.2. The molecule has 0 heterocycles. The summed E-state index contributed by atoms with van der Waals surface area (Å²) >= 11 is 0. The number of hydrogen-bond donors (Lipinski definition) is 1. The molecule has 1 unspecified atom stereocenters. The Bertz CT molecular complexity index is 925. The zero-order chi connectivity index (χ0) is 21.2. The molecule has 3 rings (SSSR count). The number of anilines is 1. The van der Waals surface area contributed by atoms with Crippen LogP contribution >= 0.6 is 0 Å². The van der Waals surface area contributed by atoms with Crippen LogP contribution < -0.4 is 19.5 Å². The normalized spacial score (nSPS) is 11.4. The van der Waals surface area contributed by atoms with E-state index < -0.39 is 0 Å². The van der Waals surface area contributed by atoms with Gasteiger partial charge in [-0.05, 0) is 61.9 Å². The van der Waals surface area contributed by atoms with Crippen molar-refractivity contribution in [1.82, 2.24) is 0 Å². The molecule has 30 heavy (non-hydrogen) atoms. The fourth-order valence-electron chi connectivity index (χ4n) is 2.72. The van der Waals surface area contributed by atoms with Gasteiger partial charge in [0.15, 0.2) is 0 Å². The highest BCUT2D eigenvalue weighted by Crippen LogP contribution is 2.25. The van der Waals surface area contributed by atoms with Gasteiger partial charge in [0.25, 0.3) is 5.91 Å². The molecule has 0 aliphatic carbocycles. The standard InChI is InChI=1S/C25H27NO4/c1-3-19(2)30-22-15-13-20(14-16-22)25(27)26-23-11-7-8-12-24(23)29-18-17-28-21-9-5-4-6-10-21/h4-16,19H,3,17-18H2,1-2H3,(H,26,27). The Hall–Kier alpha value is -3.47. The van der Waals surface area contributed by atoms with Gasteiger partial charge >= 0.3 is 0 Å². The van der Waals surface area contributed by atoms with Gasteiger partial charge in [-0.3, -0.25) is 4.79 Å². The van der Waals surface area contributed by atoms with Crippen LogP contribution in [-0.2, 0) is 0 Å². The summed E-state index contributed by atoms with van der Waals surface area (Å²) in [4.78, 5) is 12.6. The molecule has 3 aromatic carbocycles. The number of carbonyl (C=O) groups excluding carboxylic acids is 1. The monoisotopic (exact) mass is 405 g/mol. The largest absolute Gasteiger partial charge is 0.491 e. The number of para-hydroxylation sites is 3. The minimum Gasteiger partial charge on any atom is -0.491 e. The molecule has 3 aromatic rings. The van der Waals surface area contributed by atoms with E-state index in [-0.39, 0.29) is 12.0 Å². The van der Waals surface area contributed by atoms with Crippen LogP contribution in [-0.4, -0.2) is 25.2 Å². The molecule has 5 heteroatoms. The molecule has 0 radical (unpaired) electrons. The van der Waals surface area contributed by atoms with E-state index in [0.29, 0.717) is 30.2 Å². The minimum absolute atomic E-state index is 0.138. The summed E-state index contributed by atoms with van der Waals surface area (Å²) in [5, 5.41) is 2.91. The first-order valence-corrected chi connectivity index (χ1v) is 10.1. The smallest absolute Gasteiger partial charge is 0.255 e. The lowest BCUT2D eigenvalue weighted by Crippen LogP contribution is -2.15. The number of benzene rings is 3. The summed E-state index contributed by atoms with van der Waals surface area (Å²) < 4.78 is 17.2. The predicted molar refractivity (Wildman–Crippen MR) is 119 cm³/mol. The number of ether oxygens (including phenoxy) is 3. The van der Waals surface area contributed by atoms with E-state index in [1.54, 1.807) is 12.1 Å². The number of hydrogen-bond acceptors (Lipinski definition) is 4. The third-order valence-corrected chi connectivity index (χ3v) is 4.52. The van der Waals surface area contributed by atoms with Gasteiger partial charge in [0.05, 0.1) is 11.8 Å². The Balaban J connectivity index is 1.55. The number of amides is 1. The van der Waals surface area contributed by atoms with E-state index in [2.05, 4.69) is 12.2 Å². The van der Waals surface area contributed by atoms with Gasteiger partial charge in [-0.25, -0.2) is 0 Å². The van der Waals surface area contributed by atoms with Crippen molar-refractivity contribution < 1.29 is 19.0 Å². The van der Waals surface area contributed by atoms with Gasteiger partial charge in [-0.15, -0.1) is 0 Å². The molecular weight excluding hydrogens is 378 g/mol. The molecular formula is C25H27NO4. The summed E-state index contributed by atoms with van der Waals surface area (Å²) in [5.74, 6) is 1.94. The van der Waals surface area contributed by atoms with Gasteiger partial charge in [-0.1, -0.05) is 37.3 Å². The van der Waals surface area contributed by atoms with E-state index in [4.69, 9.17) is 14.2 Å². The first-order valence-electron chi connectivity index (χ1n) is 10.1. The number of rotatable bonds is 10. The molecule has 0 fully saturated rings. The molecule has 1 amide bonds. The Kier molecular flexibility index (Phi) is 7.72. The van der Waals surface area contributed by atoms with E-state index in [1.165, 1.54) is 0 Å². The van der Waals surface area contributed by atoms with Crippen LogP contribution in [0.25, 0.3) is 0 Å². The van der Waals surface area contributed by atoms with Gasteiger partial charge in [0.1, 0.15) is 30.5 Å². The summed E-state index contributed by atoms with van der Waals surface area (Å²) in [6, 6.07) is 24.1. The fourth-order valence-corrected chi connectivity index (χ4v) is 2.72. The maximum absolute atomic E-state index is 12.6. The van der Waals surface area contributed by atoms with Crippen molar-refractivity contribution in [2.24, 2.45) is 0 Å². The van der Waals surface area contributed by atoms with Crippen molar-refractivity contribution >= 4 is 11.6 Å². The molecule has 0 spiro atoms. The van der Waals surface area contributed by atoms with Crippen molar-refractivity contribution in [2.75, 3.05) is 18.5 Å². The van der Waals surface area contributed by atoms with Gasteiger partial charge in [0, 0.05) is 5.56 Å². The van der Waals surface area contributed by atoms with Gasteiger partial charge in [-0.2, -0.15) is 0 Å². The average Bonchev–Trinajstić information content (AvgIpc) is 2.78. The highest BCUT2D eigenvalue weighted by Gasteiger charge is 2.11. The van der Waals surface area contributed by atoms with Crippen molar-refractivity contribution in [2.45, 2.75) is 26.4 Å². The van der Waals surface area contributed by atoms with Crippen LogP contribution in [0, 0.1) is 0 Å². The summed E-state index contributed by atoms with van der Waals surface area (Å²) in [7, 11) is 0. The first kappa shape index (κ1) is 21.2. The second kappa shape index (κ2) is 10.9. The maximum Gasteiger partial charge on any atom is 0.255 e. The van der Waals surface area contributed by atoms with E-state index in [1.807, 2.05) is 73.7 Å². The quantitative estimate of drug-likeness (QED) is 0.448. The van der Waals surface area contributed by atoms with Crippen LogP contribution in [0.1, 0.15) is 30.6 Å². The Labute approximate surface area is 177 Å². The molecule has 1 atom stereocenters. The van der Waals surface area contributed by atoms with Gasteiger partial charge < -0.3 is 19.5 Å². The molecule has 0 saturated carbocycles. The Morgan fingerprint density at radius 3 is 2.23 bits per heavy atom. The van der Waals surface area contributed by atoms with Crippen LogP contribution in [0.4, 0.5) is 5.69 Å². The molecule has 0 aliphatic heterocycles. The van der Waals surface area contributed by atoms with Crippen molar-refractivity contribution in [1.29, 1.82) is 0 Å². The topological polar surface area (TPSA) is 56.8 Å². The van der Waals surface area contributed by atoms with Gasteiger partial charge in [0.2, 0.25) is 0 Å². The third-order valence-electron chi connectivity index (χ3n) is 4.52. The maximum atomic E-state index is 12.6. The predicted octanol–water partition coefficient (Wildman–Crippen LogP) is 5.57. The second-order valence-electron chi connectivity index (χ2n) is 6.82. The Morgan fingerprint density at radius 2 is 1.50 bits per heavy atom. The molecule has 0 saturated heterocycles. The zero-order valence-corrected chi connectivity index (χ0v) is 17.3. The van der Waals surface area contributed by atoms with Crippen molar-refractivity contribution in [3.05, 3.63) is 84.4 Å². The third kappa shape index (κ3) is 6.27. The molecule has 1 N–H and O–H groups in total. The van der Waals surface area contributed by atoms with E-state index in [9.17, 15) is 4.79 Å². The van der Waals surface area contributed by atoms with Crippen molar-refractivity contribution in [3.63, 3.8) is 0 Å². The second-order valence-corrected chi connectivity index (χ2v) is 6.82. The average molecular weight is 405 g/mol. The summed E-state index contributed by atoms with van der Waals surface area (Å²) in [5.41, 5.74) is 1.16. The number of nitrogens with one attached hydrogen (secondary N) is 1. The zero-order valence-electron chi connectivity index (χ0n) is 17.3. The SMILES string of the molecule is CCC(C)Oc1ccc(C(=O)Nc2ccccc2OCCOc2ccccc2)cc1. The lowest BCUT2D eigenvalue weighted by molar-refractivity contribution is 0.102.